The quantitative estimate of drug-likeness (QED) is 0.338. The summed E-state index contributed by atoms with van der Waals surface area (Å²) in [6.07, 6.45) is 20.5. The topological polar surface area (TPSA) is 0 Å². The fourth-order valence-corrected chi connectivity index (χ4v) is 1.34. The van der Waals surface area contributed by atoms with Gasteiger partial charge in [0.05, 0.1) is 0 Å². The molecule has 0 rings (SSSR count). The monoisotopic (exact) mass is 205 g/mol. The van der Waals surface area contributed by atoms with Gasteiger partial charge in [-0.25, -0.2) is 0 Å². The molecule has 0 saturated carbocycles. The first-order chi connectivity index (χ1) is 7.41. The molecule has 0 aliphatic heterocycles. The molecule has 0 aliphatic rings. The molecule has 0 aromatic heterocycles. The maximum atomic E-state index is 3.83. The van der Waals surface area contributed by atoms with Crippen LogP contribution in [0, 0.1) is 6.92 Å². The third-order valence-corrected chi connectivity index (χ3v) is 2.26. The van der Waals surface area contributed by atoms with Gasteiger partial charge in [-0.2, -0.15) is 0 Å². The Labute approximate surface area is 95.8 Å². The molecule has 0 amide bonds. The molecule has 0 bridgehead atoms. The van der Waals surface area contributed by atoms with Gasteiger partial charge < -0.3 is 0 Å². The molecule has 0 aromatic carbocycles. The summed E-state index contributed by atoms with van der Waals surface area (Å²) in [5.74, 6) is 0. The highest BCUT2D eigenvalue weighted by atomic mass is 13.9. The molecule has 1 radical (unpaired) electrons. The second-order valence-electron chi connectivity index (χ2n) is 3.75. The van der Waals surface area contributed by atoms with Gasteiger partial charge in [0, 0.05) is 0 Å². The maximum Gasteiger partial charge on any atom is -0.0169 e. The van der Waals surface area contributed by atoms with Crippen LogP contribution in [-0.4, -0.2) is 0 Å². The second kappa shape index (κ2) is 13.2. The second-order valence-corrected chi connectivity index (χ2v) is 3.75. The highest BCUT2D eigenvalue weighted by Crippen LogP contribution is 2.03. The lowest BCUT2D eigenvalue weighted by Gasteiger charge is -1.93. The van der Waals surface area contributed by atoms with Gasteiger partial charge in [-0.1, -0.05) is 56.6 Å². The van der Waals surface area contributed by atoms with Crippen LogP contribution in [-0.2, 0) is 0 Å². The largest absolute Gasteiger partial charge is 0.103 e. The lowest BCUT2D eigenvalue weighted by molar-refractivity contribution is 0.694. The van der Waals surface area contributed by atoms with E-state index in [1.807, 2.05) is 6.08 Å². The zero-order chi connectivity index (χ0) is 11.2. The molecule has 0 unspecified atom stereocenters. The van der Waals surface area contributed by atoms with E-state index in [9.17, 15) is 0 Å². The Morgan fingerprint density at radius 3 is 2.13 bits per heavy atom. The summed E-state index contributed by atoms with van der Waals surface area (Å²) in [6.45, 7) is 7.53. The van der Waals surface area contributed by atoms with Gasteiger partial charge in [-0.05, 0) is 32.1 Å². The third-order valence-electron chi connectivity index (χ3n) is 2.26. The molecule has 0 nitrogen and oxygen atoms in total. The summed E-state index contributed by atoms with van der Waals surface area (Å²) in [6, 6.07) is 0. The number of unbranched alkanes of at least 4 members (excludes halogenated alkanes) is 5. The van der Waals surface area contributed by atoms with Gasteiger partial charge in [0.15, 0.2) is 0 Å². The van der Waals surface area contributed by atoms with Gasteiger partial charge in [-0.15, -0.1) is 6.58 Å². The van der Waals surface area contributed by atoms with E-state index in [2.05, 4.69) is 37.8 Å². The summed E-state index contributed by atoms with van der Waals surface area (Å²) in [5, 5.41) is 0. The van der Waals surface area contributed by atoms with Crippen molar-refractivity contribution in [3.63, 3.8) is 0 Å². The Balaban J connectivity index is 3.16. The van der Waals surface area contributed by atoms with Gasteiger partial charge in [0.25, 0.3) is 0 Å². The molecule has 0 spiro atoms. The Morgan fingerprint density at radius 1 is 0.733 bits per heavy atom. The minimum Gasteiger partial charge on any atom is -0.103 e. The van der Waals surface area contributed by atoms with Crippen LogP contribution in [0.1, 0.15) is 51.4 Å². The van der Waals surface area contributed by atoms with Crippen molar-refractivity contribution in [3.05, 3.63) is 43.9 Å². The van der Waals surface area contributed by atoms with E-state index in [-0.39, 0.29) is 0 Å². The van der Waals surface area contributed by atoms with Gasteiger partial charge in [-0.3, -0.25) is 0 Å². The minimum absolute atomic E-state index is 1.08. The number of hydrogen-bond donors (Lipinski definition) is 0. The molecule has 0 heterocycles. The summed E-state index contributed by atoms with van der Waals surface area (Å²) < 4.78 is 0. The first kappa shape index (κ1) is 14.2. The van der Waals surface area contributed by atoms with E-state index in [0.717, 1.165) is 25.7 Å². The molecule has 0 saturated heterocycles. The summed E-state index contributed by atoms with van der Waals surface area (Å²) in [4.78, 5) is 0. The average molecular weight is 205 g/mol. The number of rotatable bonds is 10. The molecule has 0 aromatic rings. The van der Waals surface area contributed by atoms with Crippen LogP contribution in [0.5, 0.6) is 0 Å². The molecular weight excluding hydrogens is 180 g/mol. The van der Waals surface area contributed by atoms with E-state index < -0.39 is 0 Å². The fraction of sp³-hybridized carbons (Fsp3) is 0.533. The first-order valence-electron chi connectivity index (χ1n) is 6.12. The van der Waals surface area contributed by atoms with Crippen molar-refractivity contribution >= 4 is 0 Å². The van der Waals surface area contributed by atoms with E-state index in [0.29, 0.717) is 0 Å². The standard InChI is InChI=1S/C15H25/c1-3-5-7-9-11-13-15-14-12-10-8-6-4-2/h3,9,11,14-15H,1-2,4-8,10,12-13H2. The van der Waals surface area contributed by atoms with E-state index in [4.69, 9.17) is 0 Å². The first-order valence-corrected chi connectivity index (χ1v) is 6.12. The van der Waals surface area contributed by atoms with E-state index in [1.54, 1.807) is 0 Å². The van der Waals surface area contributed by atoms with Gasteiger partial charge in [0.2, 0.25) is 0 Å². The van der Waals surface area contributed by atoms with Crippen LogP contribution in [0.4, 0.5) is 0 Å². The van der Waals surface area contributed by atoms with E-state index in [1.165, 1.54) is 25.7 Å². The molecule has 0 N–H and O–H groups in total. The van der Waals surface area contributed by atoms with Gasteiger partial charge >= 0.3 is 0 Å². The van der Waals surface area contributed by atoms with Crippen LogP contribution < -0.4 is 0 Å². The number of allylic oxidation sites excluding steroid dienone is 5. The maximum absolute atomic E-state index is 3.83. The summed E-state index contributed by atoms with van der Waals surface area (Å²) in [5.41, 5.74) is 0. The van der Waals surface area contributed by atoms with Crippen molar-refractivity contribution in [2.24, 2.45) is 0 Å². The molecule has 15 heavy (non-hydrogen) atoms. The lowest BCUT2D eigenvalue weighted by atomic mass is 10.1. The average Bonchev–Trinajstić information content (AvgIpc) is 2.26. The van der Waals surface area contributed by atoms with Crippen molar-refractivity contribution < 1.29 is 0 Å². The SMILES string of the molecule is [CH2]CCCCCC=CCC=CCCC=C. The Morgan fingerprint density at radius 2 is 1.47 bits per heavy atom. The van der Waals surface area contributed by atoms with Crippen molar-refractivity contribution in [2.75, 3.05) is 0 Å². The molecular formula is C15H25. The molecule has 0 heteroatoms. The van der Waals surface area contributed by atoms with Crippen molar-refractivity contribution in [2.45, 2.75) is 51.4 Å². The fourth-order valence-electron chi connectivity index (χ4n) is 1.34. The van der Waals surface area contributed by atoms with Crippen LogP contribution in [0.3, 0.4) is 0 Å². The minimum atomic E-state index is 1.08. The van der Waals surface area contributed by atoms with Crippen molar-refractivity contribution in [1.82, 2.24) is 0 Å². The zero-order valence-corrected chi connectivity index (χ0v) is 9.96. The Kier molecular flexibility index (Phi) is 12.5. The normalized spacial score (nSPS) is 11.5. The smallest absolute Gasteiger partial charge is 0.0169 e. The van der Waals surface area contributed by atoms with Crippen molar-refractivity contribution in [3.8, 4) is 0 Å². The van der Waals surface area contributed by atoms with Gasteiger partial charge in [0.1, 0.15) is 0 Å². The van der Waals surface area contributed by atoms with Crippen molar-refractivity contribution in [1.29, 1.82) is 0 Å². The third kappa shape index (κ3) is 13.2. The Hall–Kier alpha value is -0.780. The van der Waals surface area contributed by atoms with Crippen LogP contribution in [0.15, 0.2) is 37.0 Å². The zero-order valence-electron chi connectivity index (χ0n) is 9.96. The highest BCUT2D eigenvalue weighted by Gasteiger charge is 1.83. The van der Waals surface area contributed by atoms with Crippen LogP contribution in [0.25, 0.3) is 0 Å². The van der Waals surface area contributed by atoms with E-state index >= 15 is 0 Å². The van der Waals surface area contributed by atoms with Crippen LogP contribution in [0.2, 0.25) is 0 Å². The lowest BCUT2D eigenvalue weighted by Crippen LogP contribution is -1.73. The highest BCUT2D eigenvalue weighted by molar-refractivity contribution is 4.93. The molecule has 85 valence electrons. The predicted molar refractivity (Wildman–Crippen MR) is 70.8 cm³/mol. The molecule has 0 aliphatic carbocycles. The predicted octanol–water partition coefficient (Wildman–Crippen LogP) is 5.24. The number of hydrogen-bond acceptors (Lipinski definition) is 0. The van der Waals surface area contributed by atoms with Crippen LogP contribution >= 0.6 is 0 Å². The summed E-state index contributed by atoms with van der Waals surface area (Å²) in [7, 11) is 0. The molecule has 0 atom stereocenters. The Bertz CT molecular complexity index is 174. The summed E-state index contributed by atoms with van der Waals surface area (Å²) >= 11 is 0. The molecule has 0 fully saturated rings.